The average Bonchev–Trinajstić information content (AvgIpc) is 1.64. The second-order valence-electron chi connectivity index (χ2n) is 23.1. The number of nitrogens with one attached hydrogen (secondary N) is 1. The minimum atomic E-state index is 0.922. The summed E-state index contributed by atoms with van der Waals surface area (Å²) in [6.45, 7) is 0. The Labute approximate surface area is 559 Å². The highest BCUT2D eigenvalue weighted by Crippen LogP contribution is 2.40. The smallest absolute Gasteiger partial charge is 0.161 e. The summed E-state index contributed by atoms with van der Waals surface area (Å²) in [6.07, 6.45) is 11.0. The first-order valence-electron chi connectivity index (χ1n) is 31.7. The van der Waals surface area contributed by atoms with Gasteiger partial charge in [-0.05, 0) is 170 Å². The predicted molar refractivity (Wildman–Crippen MR) is 400 cm³/mol. The van der Waals surface area contributed by atoms with E-state index in [1.807, 2.05) is 72.8 Å². The molecule has 450 valence electrons. The van der Waals surface area contributed by atoms with Gasteiger partial charge < -0.3 is 19.4 Å². The molecule has 1 aliphatic carbocycles. The van der Waals surface area contributed by atoms with Crippen LogP contribution < -0.4 is 10.2 Å². The van der Waals surface area contributed by atoms with Crippen molar-refractivity contribution < 1.29 is 0 Å². The van der Waals surface area contributed by atoms with Gasteiger partial charge in [-0.2, -0.15) is 0 Å². The molecule has 4 heterocycles. The molecule has 13 aromatic carbocycles. The Bertz CT molecular complexity index is 5560. The zero-order chi connectivity index (χ0) is 63.4. The molecule has 1 aliphatic rings. The fourth-order valence-corrected chi connectivity index (χ4v) is 13.2. The van der Waals surface area contributed by atoms with Crippen LogP contribution in [0.3, 0.4) is 0 Å². The van der Waals surface area contributed by atoms with E-state index >= 15 is 0 Å². The Balaban J connectivity index is 0.000000124. The van der Waals surface area contributed by atoms with Crippen LogP contribution in [0.15, 0.2) is 362 Å². The molecule has 17 aromatic rings. The number of rotatable bonds is 11. The summed E-state index contributed by atoms with van der Waals surface area (Å²) in [7, 11) is 0. The summed E-state index contributed by atoms with van der Waals surface area (Å²) < 4.78 is 10.2. The van der Waals surface area contributed by atoms with Crippen LogP contribution in [0.1, 0.15) is 0 Å². The highest BCUT2D eigenvalue weighted by Gasteiger charge is 2.21. The molecule has 8 nitrogen and oxygen atoms in total. The molecule has 1 N–H and O–H groups in total. The summed E-state index contributed by atoms with van der Waals surface area (Å²) in [6, 6.07) is 117. The first kappa shape index (κ1) is 57.7. The van der Waals surface area contributed by atoms with E-state index < -0.39 is 0 Å². The third kappa shape index (κ3) is 11.3. The standard InChI is InChI=1S/C43H30N4.C24H18N2.C19H12BrN2/c1-3-13-32(14-4-1)45(35-27-29-36(30-28-35)46-40-20-10-7-17-37(40)38-18-8-11-21-41(38)46)34-25-23-31(24-26-34)43-44-39-19-9-12-22-42(39)47(43)33-15-5-2-6-16-33;1-2-8-18(9-3-1)25-19-14-16-20(17-15-19)26-23-12-6-4-10-21(23)22-11-5-7-13-24(22)26;20-15-12-10-14(11-13-15)19-21-17-8-4-5-9-18(17)22(19)16-6-2-1-3-7-16/h1-30H;1-17,25H;2-13H/q;;+1. The molecule has 0 amide bonds. The zero-order valence-corrected chi connectivity index (χ0v) is 53.2. The number of halogens is 1. The topological polar surface area (TPSA) is 60.8 Å². The molecule has 0 unspecified atom stereocenters. The average molecular weight is 1290 g/mol. The summed E-state index contributed by atoms with van der Waals surface area (Å²) >= 11 is 3.48. The predicted octanol–water partition coefficient (Wildman–Crippen LogP) is 23.0. The fourth-order valence-electron chi connectivity index (χ4n) is 13.0. The number of hydrogen-bond acceptors (Lipinski definition) is 4. The molecular weight excluding hydrogens is 1220 g/mol. The minimum absolute atomic E-state index is 0.922. The van der Waals surface area contributed by atoms with Crippen LogP contribution in [-0.4, -0.2) is 28.2 Å². The van der Waals surface area contributed by atoms with Gasteiger partial charge in [0, 0.05) is 88.7 Å². The Hall–Kier alpha value is -12.4. The van der Waals surface area contributed by atoms with Gasteiger partial charge in [-0.25, -0.2) is 9.97 Å². The maximum atomic E-state index is 5.07. The van der Waals surface area contributed by atoms with Crippen molar-refractivity contribution in [2.45, 2.75) is 0 Å². The number of fused-ring (bicyclic) bond motifs is 8. The number of aromatic nitrogens is 6. The number of anilines is 5. The van der Waals surface area contributed by atoms with Crippen molar-refractivity contribution in [2.75, 3.05) is 10.2 Å². The van der Waals surface area contributed by atoms with Gasteiger partial charge >= 0.3 is 0 Å². The Kier molecular flexibility index (Phi) is 15.6. The van der Waals surface area contributed by atoms with Crippen molar-refractivity contribution in [1.82, 2.24) is 28.2 Å². The van der Waals surface area contributed by atoms with Crippen LogP contribution in [0.5, 0.6) is 0 Å². The number of para-hydroxylation sites is 11. The van der Waals surface area contributed by atoms with Gasteiger partial charge in [0.1, 0.15) is 23.8 Å². The zero-order valence-electron chi connectivity index (χ0n) is 51.6. The molecule has 0 saturated carbocycles. The van der Waals surface area contributed by atoms with Gasteiger partial charge in [0.15, 0.2) is 5.70 Å². The maximum absolute atomic E-state index is 5.07. The summed E-state index contributed by atoms with van der Waals surface area (Å²) in [5, 5.41) is 8.54. The first-order valence-corrected chi connectivity index (χ1v) is 32.5. The summed E-state index contributed by atoms with van der Waals surface area (Å²) in [5.41, 5.74) is 21.1. The highest BCUT2D eigenvalue weighted by atomic mass is 79.9. The van der Waals surface area contributed by atoms with Crippen LogP contribution in [-0.2, 0) is 0 Å². The second kappa shape index (κ2) is 25.7. The Morgan fingerprint density at radius 3 is 1.18 bits per heavy atom. The van der Waals surface area contributed by atoms with Crippen LogP contribution in [0.25, 0.3) is 111 Å². The van der Waals surface area contributed by atoms with E-state index in [4.69, 9.17) is 9.97 Å². The van der Waals surface area contributed by atoms with Crippen LogP contribution in [0.2, 0.25) is 0 Å². The van der Waals surface area contributed by atoms with E-state index in [0.717, 1.165) is 94.8 Å². The Morgan fingerprint density at radius 2 is 0.684 bits per heavy atom. The molecule has 0 spiro atoms. The quantitative estimate of drug-likeness (QED) is 0.131. The number of hydrogen-bond donors (Lipinski definition) is 1. The maximum Gasteiger partial charge on any atom is 0.161 e. The lowest BCUT2D eigenvalue weighted by Gasteiger charge is -2.26. The largest absolute Gasteiger partial charge is 0.356 e. The molecule has 0 fully saturated rings. The van der Waals surface area contributed by atoms with Crippen molar-refractivity contribution in [3.63, 3.8) is 0 Å². The van der Waals surface area contributed by atoms with Crippen molar-refractivity contribution in [1.29, 1.82) is 0 Å². The molecule has 18 rings (SSSR count). The lowest BCUT2D eigenvalue weighted by Crippen LogP contribution is -2.10. The molecule has 9 heteroatoms. The highest BCUT2D eigenvalue weighted by molar-refractivity contribution is 9.10. The van der Waals surface area contributed by atoms with Crippen molar-refractivity contribution in [3.8, 4) is 39.8 Å². The molecule has 0 atom stereocenters. The lowest BCUT2D eigenvalue weighted by atomic mass is 10.1. The normalized spacial score (nSPS) is 11.7. The molecule has 4 aromatic heterocycles. The van der Waals surface area contributed by atoms with E-state index in [2.05, 4.69) is 336 Å². The molecule has 95 heavy (non-hydrogen) atoms. The molecule has 0 saturated heterocycles. The van der Waals surface area contributed by atoms with Crippen molar-refractivity contribution in [2.24, 2.45) is 0 Å². The first-order chi connectivity index (χ1) is 47.1. The van der Waals surface area contributed by atoms with E-state index in [-0.39, 0.29) is 0 Å². The SMILES string of the molecule is Brc1ccc(-c2nc3ccccc3n2C2=CC=[C+]C=C2)cc1.c1ccc(N(c2ccc(-c3nc4ccccc4n3-c3ccccc3)cc2)c2ccc(-n3c4ccccc4c4ccccc43)cc2)cc1.c1ccc(Nc2ccc(-n3c4ccccc4c4ccccc43)cc2)cc1. The van der Waals surface area contributed by atoms with E-state index in [9.17, 15) is 0 Å². The van der Waals surface area contributed by atoms with E-state index in [1.165, 1.54) is 49.3 Å². The third-order valence-electron chi connectivity index (χ3n) is 17.3. The van der Waals surface area contributed by atoms with Crippen LogP contribution in [0.4, 0.5) is 28.4 Å². The van der Waals surface area contributed by atoms with Gasteiger partial charge in [0.05, 0.1) is 56.3 Å². The number of imidazole rings is 2. The molecule has 0 bridgehead atoms. The van der Waals surface area contributed by atoms with Gasteiger partial charge in [-0.15, -0.1) is 0 Å². The lowest BCUT2D eigenvalue weighted by molar-refractivity contribution is 1.10. The second-order valence-corrected chi connectivity index (χ2v) is 24.0. The van der Waals surface area contributed by atoms with E-state index in [1.54, 1.807) is 0 Å². The summed E-state index contributed by atoms with van der Waals surface area (Å²) in [4.78, 5) is 12.2. The van der Waals surface area contributed by atoms with Gasteiger partial charge in [0.25, 0.3) is 0 Å². The van der Waals surface area contributed by atoms with E-state index in [0.29, 0.717) is 0 Å². The van der Waals surface area contributed by atoms with Gasteiger partial charge in [-0.3, -0.25) is 9.13 Å². The molecule has 0 radical (unpaired) electrons. The monoisotopic (exact) mass is 1280 g/mol. The van der Waals surface area contributed by atoms with Gasteiger partial charge in [-0.1, -0.05) is 180 Å². The molecular formula is C86H60BrN8+. The number of allylic oxidation sites excluding steroid dienone is 6. The molecule has 0 aliphatic heterocycles. The summed E-state index contributed by atoms with van der Waals surface area (Å²) in [5.74, 6) is 1.87. The minimum Gasteiger partial charge on any atom is -0.356 e. The number of nitrogens with zero attached hydrogens (tertiary/aromatic N) is 7. The Morgan fingerprint density at radius 1 is 0.316 bits per heavy atom. The third-order valence-corrected chi connectivity index (χ3v) is 17.8. The number of benzene rings is 13. The van der Waals surface area contributed by atoms with Crippen molar-refractivity contribution in [3.05, 3.63) is 369 Å². The van der Waals surface area contributed by atoms with Gasteiger partial charge in [0.2, 0.25) is 0 Å². The van der Waals surface area contributed by atoms with Crippen molar-refractivity contribution >= 4 is 116 Å². The van der Waals surface area contributed by atoms with Crippen LogP contribution in [0, 0.1) is 6.08 Å². The van der Waals surface area contributed by atoms with Crippen LogP contribution >= 0.6 is 15.9 Å². The fraction of sp³-hybridized carbons (Fsp3) is 0.